The second-order valence-corrected chi connectivity index (χ2v) is 6.09. The van der Waals surface area contributed by atoms with Gasteiger partial charge in [-0.15, -0.1) is 0 Å². The first-order chi connectivity index (χ1) is 9.91. The van der Waals surface area contributed by atoms with E-state index in [1.165, 1.54) is 12.1 Å². The summed E-state index contributed by atoms with van der Waals surface area (Å²) in [7, 11) is -3.81. The first-order valence-corrected chi connectivity index (χ1v) is 7.56. The van der Waals surface area contributed by atoms with Crippen LogP contribution >= 0.6 is 0 Å². The lowest BCUT2D eigenvalue weighted by Gasteiger charge is -2.10. The molecule has 2 aromatic rings. The van der Waals surface area contributed by atoms with Crippen molar-refractivity contribution in [1.29, 1.82) is 0 Å². The van der Waals surface area contributed by atoms with E-state index in [1.54, 1.807) is 24.3 Å². The van der Waals surface area contributed by atoms with Crippen LogP contribution in [0.5, 0.6) is 11.5 Å². The van der Waals surface area contributed by atoms with E-state index in [1.807, 2.05) is 0 Å². The Kier molecular flexibility index (Phi) is 3.11. The highest BCUT2D eigenvalue weighted by Gasteiger charge is 2.14. The molecule has 3 rings (SSSR count). The van der Waals surface area contributed by atoms with Gasteiger partial charge in [0.05, 0.1) is 4.90 Å². The van der Waals surface area contributed by atoms with Crippen LogP contribution in [0, 0.1) is 0 Å². The number of hydrogen-bond donors (Lipinski definition) is 3. The Balaban J connectivity index is 1.93. The third kappa shape index (κ3) is 2.86. The quantitative estimate of drug-likeness (QED) is 0.738. The second-order valence-electron chi connectivity index (χ2n) is 4.53. The van der Waals surface area contributed by atoms with Crippen molar-refractivity contribution in [2.45, 2.75) is 4.90 Å². The highest BCUT2D eigenvalue weighted by Crippen LogP contribution is 2.35. The zero-order valence-corrected chi connectivity index (χ0v) is 11.7. The number of fused-ring (bicyclic) bond motifs is 1. The summed E-state index contributed by atoms with van der Waals surface area (Å²) in [5.74, 6) is 1.29. The third-order valence-electron chi connectivity index (χ3n) is 2.92. The van der Waals surface area contributed by atoms with Crippen LogP contribution in [-0.4, -0.2) is 15.2 Å². The average Bonchev–Trinajstić information content (AvgIpc) is 2.84. The zero-order valence-electron chi connectivity index (χ0n) is 10.9. The first-order valence-electron chi connectivity index (χ1n) is 6.02. The number of primary sulfonamides is 1. The number of rotatable bonds is 3. The fourth-order valence-corrected chi connectivity index (χ4v) is 2.59. The summed E-state index contributed by atoms with van der Waals surface area (Å²) in [6, 6.07) is 9.63. The SMILES string of the molecule is Nc1cc(Nc2ccc3c(c2)OCO3)cc(S(N)(=O)=O)c1. The van der Waals surface area contributed by atoms with Crippen LogP contribution in [0.3, 0.4) is 0 Å². The van der Waals surface area contributed by atoms with Gasteiger partial charge in [0.2, 0.25) is 16.8 Å². The standard InChI is InChI=1S/C13H13N3O4S/c14-8-3-10(5-11(4-8)21(15,17)18)16-9-1-2-12-13(6-9)20-7-19-12/h1-6,16H,7,14H2,(H2,15,17,18). The Morgan fingerprint density at radius 1 is 1.00 bits per heavy atom. The predicted octanol–water partition coefficient (Wildman–Crippen LogP) is 1.39. The molecule has 0 unspecified atom stereocenters. The maximum atomic E-state index is 11.4. The van der Waals surface area contributed by atoms with Crippen molar-refractivity contribution in [1.82, 2.24) is 0 Å². The smallest absolute Gasteiger partial charge is 0.238 e. The van der Waals surface area contributed by atoms with Crippen molar-refractivity contribution in [3.8, 4) is 11.5 Å². The molecule has 0 fully saturated rings. The highest BCUT2D eigenvalue weighted by atomic mass is 32.2. The molecule has 0 atom stereocenters. The number of anilines is 3. The Morgan fingerprint density at radius 2 is 1.76 bits per heavy atom. The molecule has 1 aliphatic heterocycles. The van der Waals surface area contributed by atoms with E-state index in [0.717, 1.165) is 0 Å². The molecule has 0 amide bonds. The molecule has 1 aliphatic rings. The molecule has 0 aromatic heterocycles. The zero-order chi connectivity index (χ0) is 15.0. The maximum Gasteiger partial charge on any atom is 0.238 e. The van der Waals surface area contributed by atoms with Crippen molar-refractivity contribution >= 4 is 27.1 Å². The molecular formula is C13H13N3O4S. The van der Waals surface area contributed by atoms with E-state index < -0.39 is 10.0 Å². The van der Waals surface area contributed by atoms with Gasteiger partial charge in [0.15, 0.2) is 11.5 Å². The fourth-order valence-electron chi connectivity index (χ4n) is 2.00. The monoisotopic (exact) mass is 307 g/mol. The van der Waals surface area contributed by atoms with E-state index in [-0.39, 0.29) is 11.7 Å². The first kappa shape index (κ1) is 13.5. The summed E-state index contributed by atoms with van der Waals surface area (Å²) in [5, 5.41) is 8.17. The number of hydrogen-bond acceptors (Lipinski definition) is 6. The molecular weight excluding hydrogens is 294 g/mol. The number of nitrogen functional groups attached to an aromatic ring is 1. The fraction of sp³-hybridized carbons (Fsp3) is 0.0769. The minimum absolute atomic E-state index is 0.0502. The molecule has 0 spiro atoms. The highest BCUT2D eigenvalue weighted by molar-refractivity contribution is 7.89. The van der Waals surface area contributed by atoms with E-state index in [0.29, 0.717) is 28.6 Å². The van der Waals surface area contributed by atoms with Gasteiger partial charge >= 0.3 is 0 Å². The van der Waals surface area contributed by atoms with Gasteiger partial charge in [-0.05, 0) is 30.3 Å². The van der Waals surface area contributed by atoms with Crippen LogP contribution in [0.1, 0.15) is 0 Å². The Bertz CT molecular complexity index is 805. The summed E-state index contributed by atoms with van der Waals surface area (Å²) in [4.78, 5) is -0.0502. The van der Waals surface area contributed by atoms with Gasteiger partial charge in [0.25, 0.3) is 0 Å². The van der Waals surface area contributed by atoms with E-state index in [9.17, 15) is 8.42 Å². The van der Waals surface area contributed by atoms with E-state index in [4.69, 9.17) is 20.3 Å². The Morgan fingerprint density at radius 3 is 2.52 bits per heavy atom. The molecule has 21 heavy (non-hydrogen) atoms. The van der Waals surface area contributed by atoms with Crippen LogP contribution in [-0.2, 0) is 10.0 Å². The lowest BCUT2D eigenvalue weighted by molar-refractivity contribution is 0.174. The van der Waals surface area contributed by atoms with Crippen molar-refractivity contribution < 1.29 is 17.9 Å². The lowest BCUT2D eigenvalue weighted by Crippen LogP contribution is -2.12. The van der Waals surface area contributed by atoms with Gasteiger partial charge in [-0.1, -0.05) is 0 Å². The molecule has 5 N–H and O–H groups in total. The maximum absolute atomic E-state index is 11.4. The minimum atomic E-state index is -3.81. The van der Waals surface area contributed by atoms with Gasteiger partial charge in [-0.25, -0.2) is 13.6 Å². The third-order valence-corrected chi connectivity index (χ3v) is 3.81. The Labute approximate surface area is 121 Å². The minimum Gasteiger partial charge on any atom is -0.454 e. The summed E-state index contributed by atoms with van der Waals surface area (Å²) in [6.45, 7) is 0.187. The largest absolute Gasteiger partial charge is 0.454 e. The van der Waals surface area contributed by atoms with Gasteiger partial charge in [0, 0.05) is 23.1 Å². The van der Waals surface area contributed by atoms with Crippen LogP contribution in [0.4, 0.5) is 17.1 Å². The lowest BCUT2D eigenvalue weighted by atomic mass is 10.2. The van der Waals surface area contributed by atoms with Gasteiger partial charge in [-0.2, -0.15) is 0 Å². The van der Waals surface area contributed by atoms with Crippen LogP contribution in [0.2, 0.25) is 0 Å². The topological polar surface area (TPSA) is 117 Å². The van der Waals surface area contributed by atoms with Crippen LogP contribution in [0.15, 0.2) is 41.3 Å². The summed E-state index contributed by atoms with van der Waals surface area (Å²) in [5.41, 5.74) is 7.22. The summed E-state index contributed by atoms with van der Waals surface area (Å²) >= 11 is 0. The van der Waals surface area contributed by atoms with Crippen molar-refractivity contribution in [3.05, 3.63) is 36.4 Å². The van der Waals surface area contributed by atoms with E-state index >= 15 is 0 Å². The number of sulfonamides is 1. The molecule has 0 aliphatic carbocycles. The van der Waals surface area contributed by atoms with Crippen LogP contribution < -0.4 is 25.7 Å². The second kappa shape index (κ2) is 4.83. The van der Waals surface area contributed by atoms with Crippen molar-refractivity contribution in [3.63, 3.8) is 0 Å². The molecule has 1 heterocycles. The van der Waals surface area contributed by atoms with Crippen molar-refractivity contribution in [2.24, 2.45) is 5.14 Å². The molecule has 110 valence electrons. The van der Waals surface area contributed by atoms with Crippen molar-refractivity contribution in [2.75, 3.05) is 17.8 Å². The van der Waals surface area contributed by atoms with Gasteiger partial charge in [-0.3, -0.25) is 0 Å². The number of nitrogens with two attached hydrogens (primary N) is 2. The number of nitrogens with one attached hydrogen (secondary N) is 1. The molecule has 7 nitrogen and oxygen atoms in total. The predicted molar refractivity (Wildman–Crippen MR) is 78.1 cm³/mol. The number of ether oxygens (including phenoxy) is 2. The molecule has 2 aromatic carbocycles. The number of benzene rings is 2. The van der Waals surface area contributed by atoms with Gasteiger partial charge < -0.3 is 20.5 Å². The van der Waals surface area contributed by atoms with Crippen LogP contribution in [0.25, 0.3) is 0 Å². The Hall–Kier alpha value is -2.45. The normalized spacial score (nSPS) is 13.2. The molecule has 0 radical (unpaired) electrons. The molecule has 0 saturated heterocycles. The molecule has 8 heteroatoms. The summed E-state index contributed by atoms with van der Waals surface area (Å²) < 4.78 is 33.3. The average molecular weight is 307 g/mol. The van der Waals surface area contributed by atoms with Gasteiger partial charge in [0.1, 0.15) is 0 Å². The molecule has 0 bridgehead atoms. The molecule has 0 saturated carbocycles. The van der Waals surface area contributed by atoms with E-state index in [2.05, 4.69) is 5.32 Å². The summed E-state index contributed by atoms with van der Waals surface area (Å²) in [6.07, 6.45) is 0.